The lowest BCUT2D eigenvalue weighted by molar-refractivity contribution is 0.275. The van der Waals surface area contributed by atoms with Gasteiger partial charge < -0.3 is 10.0 Å². The lowest BCUT2D eigenvalue weighted by Gasteiger charge is -2.22. The molecule has 3 nitrogen and oxygen atoms in total. The Morgan fingerprint density at radius 3 is 2.71 bits per heavy atom. The number of nitrogens with zero attached hydrogens (tertiary/aromatic N) is 2. The molecule has 0 aromatic heterocycles. The van der Waals surface area contributed by atoms with E-state index in [0.29, 0.717) is 5.69 Å². The first-order valence-electron chi connectivity index (χ1n) is 5.82. The van der Waals surface area contributed by atoms with Gasteiger partial charge in [-0.15, -0.1) is 0 Å². The maximum atomic E-state index is 13.9. The molecular formula is C13H13FN2O. The normalized spacial score (nSPS) is 25.6. The topological polar surface area (TPSA) is 47.3 Å². The third-order valence-corrected chi connectivity index (χ3v) is 3.80. The maximum absolute atomic E-state index is 13.9. The minimum absolute atomic E-state index is 0.0675. The third kappa shape index (κ3) is 1.58. The van der Waals surface area contributed by atoms with Gasteiger partial charge in [0.1, 0.15) is 17.4 Å². The van der Waals surface area contributed by atoms with Gasteiger partial charge in [-0.2, -0.15) is 5.26 Å². The molecule has 1 saturated heterocycles. The molecule has 1 aromatic carbocycles. The Bertz CT molecular complexity index is 499. The molecule has 0 spiro atoms. The Morgan fingerprint density at radius 1 is 1.41 bits per heavy atom. The number of anilines is 1. The monoisotopic (exact) mass is 232 g/mol. The molecular weight excluding hydrogens is 219 g/mol. The Balaban J connectivity index is 1.99. The number of nitriles is 1. The van der Waals surface area contributed by atoms with Crippen LogP contribution in [0.15, 0.2) is 12.1 Å². The van der Waals surface area contributed by atoms with Crippen LogP contribution in [0, 0.1) is 29.0 Å². The fraction of sp³-hybridized carbons (Fsp3) is 0.462. The smallest absolute Gasteiger partial charge is 0.148 e. The number of hydrogen-bond acceptors (Lipinski definition) is 3. The van der Waals surface area contributed by atoms with Crippen molar-refractivity contribution < 1.29 is 9.50 Å². The van der Waals surface area contributed by atoms with Crippen molar-refractivity contribution in [2.75, 3.05) is 18.0 Å². The summed E-state index contributed by atoms with van der Waals surface area (Å²) in [6.07, 6.45) is 1.27. The first-order chi connectivity index (χ1) is 8.24. The second-order valence-corrected chi connectivity index (χ2v) is 4.86. The second-order valence-electron chi connectivity index (χ2n) is 4.86. The average molecular weight is 232 g/mol. The summed E-state index contributed by atoms with van der Waals surface area (Å²) in [5.41, 5.74) is 0.932. The molecule has 2 unspecified atom stereocenters. The lowest BCUT2D eigenvalue weighted by atomic mass is 10.1. The summed E-state index contributed by atoms with van der Waals surface area (Å²) in [5, 5.41) is 18.0. The number of rotatable bonds is 2. The van der Waals surface area contributed by atoms with E-state index in [-0.39, 0.29) is 17.7 Å². The molecule has 4 heteroatoms. The van der Waals surface area contributed by atoms with Crippen molar-refractivity contribution in [1.82, 2.24) is 0 Å². The highest BCUT2D eigenvalue weighted by Crippen LogP contribution is 2.46. The molecule has 1 aromatic rings. The molecule has 1 aliphatic heterocycles. The maximum Gasteiger partial charge on any atom is 0.148 e. The van der Waals surface area contributed by atoms with E-state index < -0.39 is 5.82 Å². The standard InChI is InChI=1S/C13H13FN2O/c14-13-8(7-17)1-2-12(11(13)4-15)16-5-9-3-10(9)6-16/h1-2,9-10,17H,3,5-7H2. The van der Waals surface area contributed by atoms with Crippen LogP contribution in [0.5, 0.6) is 0 Å². The van der Waals surface area contributed by atoms with Gasteiger partial charge in [0.2, 0.25) is 0 Å². The molecule has 1 N–H and O–H groups in total. The van der Waals surface area contributed by atoms with E-state index in [4.69, 9.17) is 10.4 Å². The van der Waals surface area contributed by atoms with Crippen molar-refractivity contribution in [3.63, 3.8) is 0 Å². The predicted molar refractivity (Wildman–Crippen MR) is 60.8 cm³/mol. The minimum atomic E-state index is -0.576. The van der Waals surface area contributed by atoms with Gasteiger partial charge in [-0.1, -0.05) is 6.07 Å². The SMILES string of the molecule is N#Cc1c(N2CC3CC3C2)ccc(CO)c1F. The zero-order valence-electron chi connectivity index (χ0n) is 9.36. The Labute approximate surface area is 99.1 Å². The highest BCUT2D eigenvalue weighted by Gasteiger charge is 2.45. The summed E-state index contributed by atoms with van der Waals surface area (Å²) >= 11 is 0. The molecule has 1 heterocycles. The molecule has 88 valence electrons. The summed E-state index contributed by atoms with van der Waals surface area (Å²) in [5.74, 6) is 0.900. The van der Waals surface area contributed by atoms with Crippen molar-refractivity contribution in [3.8, 4) is 6.07 Å². The van der Waals surface area contributed by atoms with E-state index in [1.807, 2.05) is 6.07 Å². The summed E-state index contributed by atoms with van der Waals surface area (Å²) < 4.78 is 13.9. The summed E-state index contributed by atoms with van der Waals surface area (Å²) in [4.78, 5) is 2.08. The highest BCUT2D eigenvalue weighted by atomic mass is 19.1. The van der Waals surface area contributed by atoms with E-state index in [2.05, 4.69) is 4.90 Å². The minimum Gasteiger partial charge on any atom is -0.392 e. The quantitative estimate of drug-likeness (QED) is 0.843. The molecule has 2 atom stereocenters. The first kappa shape index (κ1) is 10.5. The number of piperidine rings is 1. The Morgan fingerprint density at radius 2 is 2.12 bits per heavy atom. The van der Waals surface area contributed by atoms with Crippen molar-refractivity contribution in [3.05, 3.63) is 29.1 Å². The van der Waals surface area contributed by atoms with Gasteiger partial charge in [0, 0.05) is 18.7 Å². The molecule has 2 aliphatic rings. The van der Waals surface area contributed by atoms with Crippen LogP contribution < -0.4 is 4.90 Å². The second kappa shape index (κ2) is 3.71. The number of aliphatic hydroxyl groups is 1. The molecule has 0 bridgehead atoms. The largest absolute Gasteiger partial charge is 0.392 e. The van der Waals surface area contributed by atoms with Crippen LogP contribution in [0.25, 0.3) is 0 Å². The zero-order valence-corrected chi connectivity index (χ0v) is 9.36. The van der Waals surface area contributed by atoms with Crippen molar-refractivity contribution >= 4 is 5.69 Å². The molecule has 0 amide bonds. The molecule has 0 radical (unpaired) electrons. The Kier molecular flexibility index (Phi) is 2.30. The van der Waals surface area contributed by atoms with Crippen LogP contribution >= 0.6 is 0 Å². The van der Waals surface area contributed by atoms with Crippen LogP contribution in [-0.4, -0.2) is 18.2 Å². The first-order valence-corrected chi connectivity index (χ1v) is 5.82. The van der Waals surface area contributed by atoms with Crippen molar-refractivity contribution in [1.29, 1.82) is 5.26 Å². The van der Waals surface area contributed by atoms with E-state index >= 15 is 0 Å². The van der Waals surface area contributed by atoms with Gasteiger partial charge in [-0.25, -0.2) is 4.39 Å². The van der Waals surface area contributed by atoms with Crippen molar-refractivity contribution in [2.45, 2.75) is 13.0 Å². The van der Waals surface area contributed by atoms with Crippen molar-refractivity contribution in [2.24, 2.45) is 11.8 Å². The molecule has 1 aliphatic carbocycles. The van der Waals surface area contributed by atoms with Gasteiger partial charge >= 0.3 is 0 Å². The van der Waals surface area contributed by atoms with Crippen LogP contribution in [-0.2, 0) is 6.61 Å². The number of halogens is 1. The van der Waals surface area contributed by atoms with E-state index in [1.54, 1.807) is 12.1 Å². The predicted octanol–water partition coefficient (Wildman–Crippen LogP) is 1.65. The number of aliphatic hydroxyl groups excluding tert-OH is 1. The van der Waals surface area contributed by atoms with Crippen LogP contribution in [0.2, 0.25) is 0 Å². The highest BCUT2D eigenvalue weighted by molar-refractivity contribution is 5.62. The van der Waals surface area contributed by atoms with Gasteiger partial charge in [0.25, 0.3) is 0 Å². The summed E-state index contributed by atoms with van der Waals surface area (Å²) in [6, 6.07) is 5.23. The van der Waals surface area contributed by atoms with Gasteiger partial charge in [0.15, 0.2) is 0 Å². The number of fused-ring (bicyclic) bond motifs is 1. The van der Waals surface area contributed by atoms with Gasteiger partial charge in [-0.05, 0) is 24.3 Å². The number of hydrogen-bond donors (Lipinski definition) is 1. The third-order valence-electron chi connectivity index (χ3n) is 3.80. The fourth-order valence-corrected chi connectivity index (χ4v) is 2.70. The van der Waals surface area contributed by atoms with E-state index in [0.717, 1.165) is 24.9 Å². The van der Waals surface area contributed by atoms with E-state index in [1.165, 1.54) is 6.42 Å². The lowest BCUT2D eigenvalue weighted by Crippen LogP contribution is -2.23. The average Bonchev–Trinajstić information content (AvgIpc) is 2.96. The summed E-state index contributed by atoms with van der Waals surface area (Å²) in [7, 11) is 0. The van der Waals surface area contributed by atoms with Crippen LogP contribution in [0.1, 0.15) is 17.5 Å². The van der Waals surface area contributed by atoms with Gasteiger partial charge in [-0.3, -0.25) is 0 Å². The molecule has 2 fully saturated rings. The Hall–Kier alpha value is -1.60. The molecule has 17 heavy (non-hydrogen) atoms. The molecule has 1 saturated carbocycles. The van der Waals surface area contributed by atoms with Gasteiger partial charge in [0.05, 0.1) is 12.3 Å². The molecule has 3 rings (SSSR count). The number of benzene rings is 1. The fourth-order valence-electron chi connectivity index (χ4n) is 2.70. The van der Waals surface area contributed by atoms with Crippen LogP contribution in [0.4, 0.5) is 10.1 Å². The summed E-state index contributed by atoms with van der Waals surface area (Å²) in [6.45, 7) is 1.49. The van der Waals surface area contributed by atoms with Crippen LogP contribution in [0.3, 0.4) is 0 Å². The zero-order chi connectivity index (χ0) is 12.0. The van der Waals surface area contributed by atoms with E-state index in [9.17, 15) is 4.39 Å².